The first-order chi connectivity index (χ1) is 17.5. The van der Waals surface area contributed by atoms with Gasteiger partial charge in [-0.3, -0.25) is 14.3 Å². The van der Waals surface area contributed by atoms with Crippen LogP contribution in [0.5, 0.6) is 0 Å². The van der Waals surface area contributed by atoms with Gasteiger partial charge in [0.2, 0.25) is 0 Å². The molecule has 6 rings (SSSR count). The van der Waals surface area contributed by atoms with Crippen LogP contribution in [0, 0.1) is 6.92 Å². The first-order valence-corrected chi connectivity index (χ1v) is 12.6. The van der Waals surface area contributed by atoms with Crippen LogP contribution in [0.4, 0.5) is 11.4 Å². The molecule has 0 spiro atoms. The number of hydrogen-bond acceptors (Lipinski definition) is 5. The molecule has 0 bridgehead atoms. The minimum Gasteiger partial charge on any atom is -0.322 e. The number of fused-ring (bicyclic) bond motifs is 2. The molecule has 178 valence electrons. The molecule has 0 unspecified atom stereocenters. The topological polar surface area (TPSA) is 80.1 Å². The third kappa shape index (κ3) is 3.76. The van der Waals surface area contributed by atoms with Crippen molar-refractivity contribution in [3.63, 3.8) is 0 Å². The standard InChI is InChI=1S/C28H23N5O2S/c1-17-25-21(16-22(24-8-5-15-36-24)30-26(25)32(2)31-17)27(34)29-20-11-9-19(10-12-20)28(35)33-14-13-18-6-3-4-7-23(18)33/h3-12,15-16H,13-14H2,1-2H3,(H,29,34). The maximum atomic E-state index is 13.4. The molecule has 0 saturated carbocycles. The Kier molecular flexibility index (Phi) is 5.38. The van der Waals surface area contributed by atoms with E-state index >= 15 is 0 Å². The molecule has 0 saturated heterocycles. The van der Waals surface area contributed by atoms with E-state index in [1.807, 2.05) is 60.6 Å². The van der Waals surface area contributed by atoms with E-state index in [1.165, 1.54) is 5.56 Å². The van der Waals surface area contributed by atoms with Crippen molar-refractivity contribution in [2.75, 3.05) is 16.8 Å². The van der Waals surface area contributed by atoms with E-state index in [9.17, 15) is 9.59 Å². The Labute approximate surface area is 212 Å². The fourth-order valence-electron chi connectivity index (χ4n) is 4.77. The number of nitrogens with one attached hydrogen (secondary N) is 1. The number of thiophene rings is 1. The highest BCUT2D eigenvalue weighted by atomic mass is 32.1. The van der Waals surface area contributed by atoms with Crippen LogP contribution in [0.1, 0.15) is 32.0 Å². The molecule has 1 aliphatic heterocycles. The van der Waals surface area contributed by atoms with E-state index in [0.29, 0.717) is 29.0 Å². The fraction of sp³-hybridized carbons (Fsp3) is 0.143. The van der Waals surface area contributed by atoms with Crippen molar-refractivity contribution in [3.8, 4) is 10.6 Å². The summed E-state index contributed by atoms with van der Waals surface area (Å²) in [5.74, 6) is -0.288. The number of para-hydroxylation sites is 1. The highest BCUT2D eigenvalue weighted by Crippen LogP contribution is 2.31. The Hall–Kier alpha value is -4.30. The summed E-state index contributed by atoms with van der Waals surface area (Å²) in [6, 6.07) is 20.8. The van der Waals surface area contributed by atoms with Crippen molar-refractivity contribution < 1.29 is 9.59 Å². The van der Waals surface area contributed by atoms with E-state index in [1.54, 1.807) is 40.3 Å². The third-order valence-corrected chi connectivity index (χ3v) is 7.40. The number of carbonyl (C=O) groups excluding carboxylic acids is 2. The normalized spacial score (nSPS) is 12.7. The van der Waals surface area contributed by atoms with Crippen LogP contribution in [-0.2, 0) is 13.5 Å². The molecule has 7 nitrogen and oxygen atoms in total. The van der Waals surface area contributed by atoms with Gasteiger partial charge >= 0.3 is 0 Å². The van der Waals surface area contributed by atoms with Crippen molar-refractivity contribution >= 4 is 45.6 Å². The molecule has 0 radical (unpaired) electrons. The number of pyridine rings is 1. The van der Waals surface area contributed by atoms with Crippen molar-refractivity contribution in [2.24, 2.45) is 7.05 Å². The zero-order chi connectivity index (χ0) is 24.8. The summed E-state index contributed by atoms with van der Waals surface area (Å²) < 4.78 is 1.70. The quantitative estimate of drug-likeness (QED) is 0.361. The van der Waals surface area contributed by atoms with Gasteiger partial charge in [-0.2, -0.15) is 5.10 Å². The third-order valence-electron chi connectivity index (χ3n) is 6.51. The van der Waals surface area contributed by atoms with E-state index < -0.39 is 0 Å². The van der Waals surface area contributed by atoms with Gasteiger partial charge in [0.1, 0.15) is 0 Å². The molecule has 36 heavy (non-hydrogen) atoms. The second-order valence-corrected chi connectivity index (χ2v) is 9.75. The summed E-state index contributed by atoms with van der Waals surface area (Å²) in [6.45, 7) is 2.55. The zero-order valence-electron chi connectivity index (χ0n) is 19.9. The Morgan fingerprint density at radius 3 is 2.61 bits per heavy atom. The van der Waals surface area contributed by atoms with E-state index in [2.05, 4.69) is 16.5 Å². The Balaban J connectivity index is 1.28. The predicted molar refractivity (Wildman–Crippen MR) is 143 cm³/mol. The number of aryl methyl sites for hydroxylation is 2. The van der Waals surface area contributed by atoms with E-state index in [0.717, 1.165) is 33.8 Å². The monoisotopic (exact) mass is 493 g/mol. The summed E-state index contributed by atoms with van der Waals surface area (Å²) >= 11 is 1.57. The van der Waals surface area contributed by atoms with Crippen molar-refractivity contribution in [1.82, 2.24) is 14.8 Å². The largest absolute Gasteiger partial charge is 0.322 e. The number of rotatable bonds is 4. The Morgan fingerprint density at radius 1 is 1.03 bits per heavy atom. The average molecular weight is 494 g/mol. The molecule has 3 aromatic heterocycles. The molecule has 0 aliphatic carbocycles. The number of aromatic nitrogens is 3. The van der Waals surface area contributed by atoms with Crippen LogP contribution in [0.3, 0.4) is 0 Å². The number of nitrogens with zero attached hydrogens (tertiary/aromatic N) is 4. The van der Waals surface area contributed by atoms with Crippen LogP contribution in [0.2, 0.25) is 0 Å². The lowest BCUT2D eigenvalue weighted by molar-refractivity contribution is 0.0988. The minimum atomic E-state index is -0.246. The molecule has 5 aromatic rings. The lowest BCUT2D eigenvalue weighted by Gasteiger charge is -2.17. The van der Waals surface area contributed by atoms with Crippen LogP contribution < -0.4 is 10.2 Å². The number of benzene rings is 2. The first-order valence-electron chi connectivity index (χ1n) is 11.7. The van der Waals surface area contributed by atoms with Crippen molar-refractivity contribution in [2.45, 2.75) is 13.3 Å². The van der Waals surface area contributed by atoms with Gasteiger partial charge in [0, 0.05) is 30.5 Å². The molecule has 0 atom stereocenters. The van der Waals surface area contributed by atoms with Crippen LogP contribution in [0.25, 0.3) is 21.6 Å². The van der Waals surface area contributed by atoms with Crippen LogP contribution in [0.15, 0.2) is 72.1 Å². The number of amides is 2. The fourth-order valence-corrected chi connectivity index (χ4v) is 5.46. The molecule has 2 amide bonds. The number of anilines is 2. The van der Waals surface area contributed by atoms with E-state index in [-0.39, 0.29) is 11.8 Å². The minimum absolute atomic E-state index is 0.0414. The SMILES string of the molecule is Cc1nn(C)c2nc(-c3cccs3)cc(C(=O)Nc3ccc(C(=O)N4CCc5ccccc54)cc3)c12. The maximum Gasteiger partial charge on any atom is 0.258 e. The molecule has 1 N–H and O–H groups in total. The Morgan fingerprint density at radius 2 is 1.83 bits per heavy atom. The molecule has 4 heterocycles. The van der Waals surface area contributed by atoms with Gasteiger partial charge in [-0.05, 0) is 66.8 Å². The zero-order valence-corrected chi connectivity index (χ0v) is 20.7. The van der Waals surface area contributed by atoms with Gasteiger partial charge in [-0.15, -0.1) is 11.3 Å². The number of carbonyl (C=O) groups is 2. The van der Waals surface area contributed by atoms with Gasteiger partial charge in [0.05, 0.1) is 27.2 Å². The highest BCUT2D eigenvalue weighted by molar-refractivity contribution is 7.13. The van der Waals surface area contributed by atoms with Gasteiger partial charge < -0.3 is 10.2 Å². The first kappa shape index (κ1) is 22.2. The summed E-state index contributed by atoms with van der Waals surface area (Å²) in [6.07, 6.45) is 0.859. The molecule has 8 heteroatoms. The number of hydrogen-bond donors (Lipinski definition) is 1. The summed E-state index contributed by atoms with van der Waals surface area (Å²) in [5.41, 5.74) is 6.01. The average Bonchev–Trinajstić information content (AvgIpc) is 3.63. The van der Waals surface area contributed by atoms with Gasteiger partial charge in [0.25, 0.3) is 11.8 Å². The Bertz CT molecular complexity index is 1620. The molecular weight excluding hydrogens is 470 g/mol. The van der Waals surface area contributed by atoms with E-state index in [4.69, 9.17) is 4.98 Å². The maximum absolute atomic E-state index is 13.4. The van der Waals surface area contributed by atoms with Crippen LogP contribution >= 0.6 is 11.3 Å². The van der Waals surface area contributed by atoms with Crippen molar-refractivity contribution in [3.05, 3.63) is 94.5 Å². The summed E-state index contributed by atoms with van der Waals surface area (Å²) in [4.78, 5) is 34.1. The summed E-state index contributed by atoms with van der Waals surface area (Å²) in [5, 5.41) is 10.2. The van der Waals surface area contributed by atoms with Gasteiger partial charge in [-0.25, -0.2) is 4.98 Å². The highest BCUT2D eigenvalue weighted by Gasteiger charge is 2.25. The molecule has 1 aliphatic rings. The second-order valence-electron chi connectivity index (χ2n) is 8.81. The van der Waals surface area contributed by atoms with Gasteiger partial charge in [-0.1, -0.05) is 24.3 Å². The second kappa shape index (κ2) is 8.73. The smallest absolute Gasteiger partial charge is 0.258 e. The van der Waals surface area contributed by atoms with Gasteiger partial charge in [0.15, 0.2) is 5.65 Å². The molecular formula is C28H23N5O2S. The predicted octanol–water partition coefficient (Wildman–Crippen LogP) is 5.46. The van der Waals surface area contributed by atoms with Crippen LogP contribution in [-0.4, -0.2) is 33.1 Å². The van der Waals surface area contributed by atoms with Crippen molar-refractivity contribution in [1.29, 1.82) is 0 Å². The summed E-state index contributed by atoms with van der Waals surface area (Å²) in [7, 11) is 1.83. The molecule has 0 fully saturated rings. The lowest BCUT2D eigenvalue weighted by Crippen LogP contribution is -2.28. The lowest BCUT2D eigenvalue weighted by atomic mass is 10.1. The molecule has 2 aromatic carbocycles.